The zero-order chi connectivity index (χ0) is 11.4. The van der Waals surface area contributed by atoms with E-state index in [9.17, 15) is 4.79 Å². The van der Waals surface area contributed by atoms with E-state index in [1.807, 2.05) is 6.07 Å². The van der Waals surface area contributed by atoms with Gasteiger partial charge in [-0.05, 0) is 37.4 Å². The number of methoxy groups -OCH3 is 1. The number of esters is 1. The number of hydrogen-bond acceptors (Lipinski definition) is 3. The second kappa shape index (κ2) is 5.16. The number of ether oxygens (including phenoxy) is 1. The Morgan fingerprint density at radius 2 is 2.38 bits per heavy atom. The third kappa shape index (κ3) is 2.64. The van der Waals surface area contributed by atoms with Gasteiger partial charge in [0.25, 0.3) is 0 Å². The van der Waals surface area contributed by atoms with Crippen LogP contribution < -0.4 is 5.32 Å². The van der Waals surface area contributed by atoms with Crippen LogP contribution in [0.4, 0.5) is 0 Å². The Balaban J connectivity index is 1.76. The average Bonchev–Trinajstić information content (AvgIpc) is 2.69. The molecule has 1 aromatic heterocycles. The summed E-state index contributed by atoms with van der Waals surface area (Å²) in [5.74, 6) is 0.542. The molecule has 0 aliphatic heterocycles. The molecule has 1 heterocycles. The fourth-order valence-electron chi connectivity index (χ4n) is 1.88. The SMILES string of the molecule is COC(=O)c1ccc(CNCC2CCC2)[nH]1. The molecule has 0 spiro atoms. The Kier molecular flexibility index (Phi) is 3.62. The molecular weight excluding hydrogens is 204 g/mol. The third-order valence-corrected chi connectivity index (χ3v) is 3.12. The van der Waals surface area contributed by atoms with E-state index in [2.05, 4.69) is 15.0 Å². The molecule has 2 N–H and O–H groups in total. The van der Waals surface area contributed by atoms with Crippen molar-refractivity contribution in [2.75, 3.05) is 13.7 Å². The van der Waals surface area contributed by atoms with Crippen molar-refractivity contribution in [1.82, 2.24) is 10.3 Å². The van der Waals surface area contributed by atoms with Gasteiger partial charge in [0.05, 0.1) is 7.11 Å². The second-order valence-electron chi connectivity index (χ2n) is 4.32. The number of H-pyrrole nitrogens is 1. The molecular formula is C12H18N2O2. The number of nitrogens with one attached hydrogen (secondary N) is 2. The highest BCUT2D eigenvalue weighted by Crippen LogP contribution is 2.25. The summed E-state index contributed by atoms with van der Waals surface area (Å²) in [5.41, 5.74) is 1.54. The van der Waals surface area contributed by atoms with Gasteiger partial charge in [-0.3, -0.25) is 0 Å². The lowest BCUT2D eigenvalue weighted by Crippen LogP contribution is -2.27. The van der Waals surface area contributed by atoms with E-state index in [4.69, 9.17) is 0 Å². The van der Waals surface area contributed by atoms with Crippen LogP contribution in [0.3, 0.4) is 0 Å². The lowest BCUT2D eigenvalue weighted by molar-refractivity contribution is 0.0594. The molecule has 4 heteroatoms. The van der Waals surface area contributed by atoms with Crippen LogP contribution in [0.1, 0.15) is 35.4 Å². The minimum absolute atomic E-state index is 0.315. The zero-order valence-electron chi connectivity index (χ0n) is 9.58. The van der Waals surface area contributed by atoms with Crippen LogP contribution in [-0.4, -0.2) is 24.6 Å². The molecule has 1 fully saturated rings. The summed E-state index contributed by atoms with van der Waals surface area (Å²) < 4.78 is 4.63. The summed E-state index contributed by atoms with van der Waals surface area (Å²) in [6.45, 7) is 1.86. The molecule has 0 atom stereocenters. The lowest BCUT2D eigenvalue weighted by atomic mass is 9.85. The molecule has 88 valence electrons. The fraction of sp³-hybridized carbons (Fsp3) is 0.583. The Labute approximate surface area is 95.4 Å². The number of aromatic amines is 1. The van der Waals surface area contributed by atoms with Crippen molar-refractivity contribution < 1.29 is 9.53 Å². The molecule has 16 heavy (non-hydrogen) atoms. The maximum atomic E-state index is 11.2. The van der Waals surface area contributed by atoms with E-state index in [0.29, 0.717) is 5.69 Å². The monoisotopic (exact) mass is 222 g/mol. The quantitative estimate of drug-likeness (QED) is 0.745. The average molecular weight is 222 g/mol. The number of aromatic nitrogens is 1. The summed E-state index contributed by atoms with van der Waals surface area (Å²) in [6, 6.07) is 3.67. The molecule has 1 saturated carbocycles. The second-order valence-corrected chi connectivity index (χ2v) is 4.32. The van der Waals surface area contributed by atoms with Crippen molar-refractivity contribution in [2.24, 2.45) is 5.92 Å². The normalized spacial score (nSPS) is 15.8. The molecule has 1 aliphatic carbocycles. The highest BCUT2D eigenvalue weighted by molar-refractivity contribution is 5.87. The van der Waals surface area contributed by atoms with Gasteiger partial charge >= 0.3 is 5.97 Å². The molecule has 0 saturated heterocycles. The third-order valence-electron chi connectivity index (χ3n) is 3.12. The van der Waals surface area contributed by atoms with E-state index in [0.717, 1.165) is 24.7 Å². The first-order valence-corrected chi connectivity index (χ1v) is 5.76. The highest BCUT2D eigenvalue weighted by atomic mass is 16.5. The number of carbonyl (C=O) groups excluding carboxylic acids is 1. The van der Waals surface area contributed by atoms with Gasteiger partial charge in [0, 0.05) is 12.2 Å². The van der Waals surface area contributed by atoms with Crippen LogP contribution in [0.5, 0.6) is 0 Å². The predicted octanol–water partition coefficient (Wildman–Crippen LogP) is 1.69. The molecule has 0 bridgehead atoms. The van der Waals surface area contributed by atoms with Gasteiger partial charge in [-0.1, -0.05) is 6.42 Å². The zero-order valence-corrected chi connectivity index (χ0v) is 9.58. The first kappa shape index (κ1) is 11.2. The predicted molar refractivity (Wildman–Crippen MR) is 61.2 cm³/mol. The van der Waals surface area contributed by atoms with Crippen molar-refractivity contribution in [2.45, 2.75) is 25.8 Å². The standard InChI is InChI=1S/C12H18N2O2/c1-16-12(15)11-6-5-10(14-11)8-13-7-9-3-2-4-9/h5-6,9,13-14H,2-4,7-8H2,1H3. The van der Waals surface area contributed by atoms with Crippen LogP contribution >= 0.6 is 0 Å². The minimum Gasteiger partial charge on any atom is -0.464 e. The van der Waals surface area contributed by atoms with Gasteiger partial charge in [0.1, 0.15) is 5.69 Å². The van der Waals surface area contributed by atoms with Crippen LogP contribution in [0.2, 0.25) is 0 Å². The van der Waals surface area contributed by atoms with Crippen LogP contribution in [0, 0.1) is 5.92 Å². The van der Waals surface area contributed by atoms with Crippen molar-refractivity contribution >= 4 is 5.97 Å². The topological polar surface area (TPSA) is 54.1 Å². The molecule has 0 unspecified atom stereocenters. The molecule has 4 nitrogen and oxygen atoms in total. The van der Waals surface area contributed by atoms with Gasteiger partial charge in [-0.15, -0.1) is 0 Å². The summed E-state index contributed by atoms with van der Waals surface area (Å²) in [7, 11) is 1.39. The van der Waals surface area contributed by atoms with Crippen LogP contribution in [0.15, 0.2) is 12.1 Å². The maximum absolute atomic E-state index is 11.2. The van der Waals surface area contributed by atoms with Crippen molar-refractivity contribution in [3.8, 4) is 0 Å². The highest BCUT2D eigenvalue weighted by Gasteiger charge is 2.16. The van der Waals surface area contributed by atoms with Gasteiger partial charge in [0.2, 0.25) is 0 Å². The lowest BCUT2D eigenvalue weighted by Gasteiger charge is -2.25. The molecule has 0 aromatic carbocycles. The van der Waals surface area contributed by atoms with Gasteiger partial charge in [-0.25, -0.2) is 4.79 Å². The fourth-order valence-corrected chi connectivity index (χ4v) is 1.88. The van der Waals surface area contributed by atoms with Crippen molar-refractivity contribution in [1.29, 1.82) is 0 Å². The van der Waals surface area contributed by atoms with E-state index in [1.54, 1.807) is 6.07 Å². The van der Waals surface area contributed by atoms with Gasteiger partial charge < -0.3 is 15.0 Å². The number of hydrogen-bond donors (Lipinski definition) is 2. The first-order chi connectivity index (χ1) is 7.79. The summed E-state index contributed by atoms with van der Waals surface area (Å²) in [6.07, 6.45) is 4.08. The molecule has 0 amide bonds. The Bertz CT molecular complexity index is 356. The summed E-state index contributed by atoms with van der Waals surface area (Å²) in [5, 5.41) is 3.39. The maximum Gasteiger partial charge on any atom is 0.354 e. The number of carbonyl (C=O) groups is 1. The Hall–Kier alpha value is -1.29. The van der Waals surface area contributed by atoms with Crippen LogP contribution in [-0.2, 0) is 11.3 Å². The summed E-state index contributed by atoms with van der Waals surface area (Å²) >= 11 is 0. The van der Waals surface area contributed by atoms with Crippen molar-refractivity contribution in [3.05, 3.63) is 23.5 Å². The number of rotatable bonds is 5. The molecule has 1 aromatic rings. The van der Waals surface area contributed by atoms with Gasteiger partial charge in [0.15, 0.2) is 0 Å². The largest absolute Gasteiger partial charge is 0.464 e. The van der Waals surface area contributed by atoms with E-state index >= 15 is 0 Å². The van der Waals surface area contributed by atoms with Crippen LogP contribution in [0.25, 0.3) is 0 Å². The minimum atomic E-state index is -0.315. The molecule has 1 aliphatic rings. The molecule has 0 radical (unpaired) electrons. The van der Waals surface area contributed by atoms with Crippen molar-refractivity contribution in [3.63, 3.8) is 0 Å². The van der Waals surface area contributed by atoms with E-state index in [1.165, 1.54) is 26.4 Å². The smallest absolute Gasteiger partial charge is 0.354 e. The summed E-state index contributed by atoms with van der Waals surface area (Å²) in [4.78, 5) is 14.2. The Morgan fingerprint density at radius 1 is 1.56 bits per heavy atom. The van der Waals surface area contributed by atoms with E-state index in [-0.39, 0.29) is 5.97 Å². The Morgan fingerprint density at radius 3 is 3.00 bits per heavy atom. The first-order valence-electron chi connectivity index (χ1n) is 5.76. The van der Waals surface area contributed by atoms with E-state index < -0.39 is 0 Å². The van der Waals surface area contributed by atoms with Gasteiger partial charge in [-0.2, -0.15) is 0 Å². The molecule has 2 rings (SSSR count).